The van der Waals surface area contributed by atoms with Gasteiger partial charge in [0.2, 0.25) is 5.91 Å². The Morgan fingerprint density at radius 3 is 2.43 bits per heavy atom. The van der Waals surface area contributed by atoms with E-state index in [1.807, 2.05) is 25.9 Å². The summed E-state index contributed by atoms with van der Waals surface area (Å²) < 4.78 is 13.8. The molecule has 1 aromatic rings. The molecule has 2 aliphatic rings. The number of nitrogen functional groups attached to an aromatic ring is 1. The fourth-order valence-corrected chi connectivity index (χ4v) is 3.82. The smallest absolute Gasteiger partial charge is 0.243 e. The van der Waals surface area contributed by atoms with Crippen LogP contribution in [0.25, 0.3) is 0 Å². The van der Waals surface area contributed by atoms with E-state index in [1.54, 1.807) is 12.1 Å². The Labute approximate surface area is 137 Å². The molecule has 0 atom stereocenters. The van der Waals surface area contributed by atoms with E-state index in [-0.39, 0.29) is 23.0 Å². The molecule has 23 heavy (non-hydrogen) atoms. The molecular formula is C18H26FN3O. The average Bonchev–Trinajstić information content (AvgIpc) is 3.32. The van der Waals surface area contributed by atoms with Gasteiger partial charge in [-0.15, -0.1) is 0 Å². The highest BCUT2D eigenvalue weighted by Gasteiger charge is 2.53. The normalized spacial score (nSPS) is 20.8. The molecule has 1 aliphatic carbocycles. The Balaban J connectivity index is 1.67. The lowest BCUT2D eigenvalue weighted by atomic mass is 9.86. The van der Waals surface area contributed by atoms with Gasteiger partial charge < -0.3 is 10.6 Å². The van der Waals surface area contributed by atoms with E-state index < -0.39 is 0 Å². The molecule has 0 radical (unpaired) electrons. The molecule has 1 aromatic carbocycles. The highest BCUT2D eigenvalue weighted by atomic mass is 19.1. The van der Waals surface area contributed by atoms with Crippen LogP contribution in [0.1, 0.15) is 42.7 Å². The van der Waals surface area contributed by atoms with E-state index in [1.165, 1.54) is 0 Å². The molecule has 0 spiro atoms. The van der Waals surface area contributed by atoms with Gasteiger partial charge in [0.15, 0.2) is 0 Å². The summed E-state index contributed by atoms with van der Waals surface area (Å²) in [6.07, 6.45) is 3.70. The lowest BCUT2D eigenvalue weighted by molar-refractivity contribution is -0.138. The largest absolute Gasteiger partial charge is 0.396 e. The summed E-state index contributed by atoms with van der Waals surface area (Å²) in [5, 5.41) is 0. The van der Waals surface area contributed by atoms with Crippen LogP contribution < -0.4 is 5.73 Å². The first-order valence-corrected chi connectivity index (χ1v) is 8.37. The molecular weight excluding hydrogens is 293 g/mol. The highest BCUT2D eigenvalue weighted by Crippen LogP contribution is 2.43. The van der Waals surface area contributed by atoms with Gasteiger partial charge in [0.1, 0.15) is 11.4 Å². The number of amides is 1. The number of nitrogens with zero attached hydrogens (tertiary/aromatic N) is 2. The van der Waals surface area contributed by atoms with E-state index in [2.05, 4.69) is 4.90 Å². The molecule has 1 amide bonds. The van der Waals surface area contributed by atoms with Crippen LogP contribution >= 0.6 is 0 Å². The van der Waals surface area contributed by atoms with Crippen molar-refractivity contribution < 1.29 is 9.18 Å². The summed E-state index contributed by atoms with van der Waals surface area (Å²) in [6, 6.07) is 3.29. The monoisotopic (exact) mass is 319 g/mol. The molecule has 0 unspecified atom stereocenters. The maximum Gasteiger partial charge on any atom is 0.243 e. The molecule has 126 valence electrons. The third kappa shape index (κ3) is 2.82. The Bertz CT molecular complexity index is 617. The second kappa shape index (κ2) is 5.78. The molecule has 5 heteroatoms. The van der Waals surface area contributed by atoms with E-state index in [0.717, 1.165) is 49.9 Å². The van der Waals surface area contributed by atoms with Crippen LogP contribution in [-0.2, 0) is 4.79 Å². The third-order valence-corrected chi connectivity index (χ3v) is 5.59. The summed E-state index contributed by atoms with van der Waals surface area (Å²) in [6.45, 7) is 3.49. The van der Waals surface area contributed by atoms with Crippen LogP contribution in [0, 0.1) is 12.7 Å². The molecule has 1 heterocycles. The summed E-state index contributed by atoms with van der Waals surface area (Å²) in [5.41, 5.74) is 7.67. The van der Waals surface area contributed by atoms with Crippen molar-refractivity contribution >= 4 is 11.6 Å². The van der Waals surface area contributed by atoms with E-state index in [0.29, 0.717) is 5.92 Å². The number of likely N-dealkylation sites (N-methyl/N-ethyl adjacent to an activating group) is 1. The SMILES string of the molecule is Cc1cc(N)c(F)cc1C1CCN(C(=O)C2(N(C)C)CC2)CC1. The first kappa shape index (κ1) is 16.2. The first-order chi connectivity index (χ1) is 10.8. The third-order valence-electron chi connectivity index (χ3n) is 5.59. The quantitative estimate of drug-likeness (QED) is 0.871. The van der Waals surface area contributed by atoms with Crippen LogP contribution in [0.15, 0.2) is 12.1 Å². The van der Waals surface area contributed by atoms with Crippen LogP contribution in [0.2, 0.25) is 0 Å². The van der Waals surface area contributed by atoms with Crippen molar-refractivity contribution in [2.45, 2.75) is 44.1 Å². The predicted octanol–water partition coefficient (Wildman–Crippen LogP) is 2.52. The number of carbonyl (C=O) groups is 1. The van der Waals surface area contributed by atoms with Crippen molar-refractivity contribution in [1.29, 1.82) is 0 Å². The van der Waals surface area contributed by atoms with Crippen molar-refractivity contribution in [1.82, 2.24) is 9.80 Å². The fraction of sp³-hybridized carbons (Fsp3) is 0.611. The highest BCUT2D eigenvalue weighted by molar-refractivity contribution is 5.89. The average molecular weight is 319 g/mol. The second-order valence-electron chi connectivity index (χ2n) is 7.22. The molecule has 3 rings (SSSR count). The zero-order chi connectivity index (χ0) is 16.8. The minimum absolute atomic E-state index is 0.209. The van der Waals surface area contributed by atoms with Crippen LogP contribution in [0.3, 0.4) is 0 Å². The van der Waals surface area contributed by atoms with Gasteiger partial charge in [-0.25, -0.2) is 4.39 Å². The maximum absolute atomic E-state index is 13.8. The minimum Gasteiger partial charge on any atom is -0.396 e. The lowest BCUT2D eigenvalue weighted by Crippen LogP contribution is -2.50. The van der Waals surface area contributed by atoms with Crippen LogP contribution in [0.4, 0.5) is 10.1 Å². The number of hydrogen-bond acceptors (Lipinski definition) is 3. The number of nitrogens with two attached hydrogens (primary N) is 1. The van der Waals surface area contributed by atoms with E-state index in [9.17, 15) is 9.18 Å². The zero-order valence-electron chi connectivity index (χ0n) is 14.2. The molecule has 1 saturated heterocycles. The zero-order valence-corrected chi connectivity index (χ0v) is 14.2. The van der Waals surface area contributed by atoms with Crippen LogP contribution in [0.5, 0.6) is 0 Å². The van der Waals surface area contributed by atoms with Crippen molar-refractivity contribution in [3.05, 3.63) is 29.1 Å². The van der Waals surface area contributed by atoms with Crippen molar-refractivity contribution in [3.63, 3.8) is 0 Å². The first-order valence-electron chi connectivity index (χ1n) is 8.37. The minimum atomic E-state index is -0.339. The van der Waals surface area contributed by atoms with Gasteiger partial charge in [0.25, 0.3) is 0 Å². The number of aryl methyl sites for hydroxylation is 1. The van der Waals surface area contributed by atoms with Crippen LogP contribution in [-0.4, -0.2) is 48.4 Å². The van der Waals surface area contributed by atoms with Gasteiger partial charge in [-0.1, -0.05) is 0 Å². The molecule has 1 saturated carbocycles. The van der Waals surface area contributed by atoms with E-state index in [4.69, 9.17) is 5.73 Å². The van der Waals surface area contributed by atoms with Crippen molar-refractivity contribution in [2.75, 3.05) is 32.9 Å². The number of halogens is 1. The number of likely N-dealkylation sites (tertiary alicyclic amines) is 1. The topological polar surface area (TPSA) is 49.6 Å². The van der Waals surface area contributed by atoms with Gasteiger partial charge in [0, 0.05) is 13.1 Å². The standard InChI is InChI=1S/C18H26FN3O/c1-12-10-16(20)15(19)11-14(12)13-4-8-22(9-5-13)17(23)18(6-7-18)21(2)3/h10-11,13H,4-9,20H2,1-3H3. The number of hydrogen-bond donors (Lipinski definition) is 1. The van der Waals surface area contributed by atoms with Gasteiger partial charge in [-0.2, -0.15) is 0 Å². The molecule has 0 aromatic heterocycles. The number of rotatable bonds is 3. The number of piperidine rings is 1. The van der Waals surface area contributed by atoms with Gasteiger partial charge >= 0.3 is 0 Å². The molecule has 1 aliphatic heterocycles. The summed E-state index contributed by atoms with van der Waals surface area (Å²) in [4.78, 5) is 16.8. The molecule has 0 bridgehead atoms. The van der Waals surface area contributed by atoms with E-state index >= 15 is 0 Å². The summed E-state index contributed by atoms with van der Waals surface area (Å²) >= 11 is 0. The number of benzene rings is 1. The number of anilines is 1. The predicted molar refractivity (Wildman–Crippen MR) is 89.8 cm³/mol. The Hall–Kier alpha value is -1.62. The summed E-state index contributed by atoms with van der Waals surface area (Å²) in [7, 11) is 3.97. The number of carbonyl (C=O) groups excluding carboxylic acids is 1. The van der Waals surface area contributed by atoms with Gasteiger partial charge in [-0.05, 0) is 75.9 Å². The van der Waals surface area contributed by atoms with Gasteiger partial charge in [0.05, 0.1) is 5.69 Å². The fourth-order valence-electron chi connectivity index (χ4n) is 3.82. The molecule has 4 nitrogen and oxygen atoms in total. The molecule has 2 N–H and O–H groups in total. The Morgan fingerprint density at radius 2 is 1.91 bits per heavy atom. The maximum atomic E-state index is 13.8. The Kier molecular flexibility index (Phi) is 4.08. The molecule has 2 fully saturated rings. The Morgan fingerprint density at radius 1 is 1.30 bits per heavy atom. The second-order valence-corrected chi connectivity index (χ2v) is 7.22. The van der Waals surface area contributed by atoms with Crippen molar-refractivity contribution in [3.8, 4) is 0 Å². The lowest BCUT2D eigenvalue weighted by Gasteiger charge is -2.36. The summed E-state index contributed by atoms with van der Waals surface area (Å²) in [5.74, 6) is 0.235. The van der Waals surface area contributed by atoms with Crippen molar-refractivity contribution in [2.24, 2.45) is 0 Å². The van der Waals surface area contributed by atoms with Gasteiger partial charge in [-0.3, -0.25) is 9.69 Å².